The van der Waals surface area contributed by atoms with Gasteiger partial charge in [0.2, 0.25) is 0 Å². The summed E-state index contributed by atoms with van der Waals surface area (Å²) in [5.74, 6) is -0.648. The van der Waals surface area contributed by atoms with Crippen LogP contribution in [0.4, 0.5) is 17.1 Å². The van der Waals surface area contributed by atoms with Crippen molar-refractivity contribution in [1.82, 2.24) is 0 Å². The highest BCUT2D eigenvalue weighted by molar-refractivity contribution is 6.06. The van der Waals surface area contributed by atoms with Gasteiger partial charge in [0, 0.05) is 30.0 Å². The minimum Gasteiger partial charge on any atom is -0.322 e. The number of hydrogen-bond donors (Lipinski definition) is 1. The summed E-state index contributed by atoms with van der Waals surface area (Å²) in [4.78, 5) is 32.1. The maximum atomic E-state index is 12.1. The number of nitrogens with zero attached hydrogens (tertiary/aromatic N) is 3. The topological polar surface area (TPSA) is 139 Å². The SMILES string of the molecule is N#Cc1cc([N+](=O)[O-])ccc1C(=O)Nc1ccc([N+](=O)[O-])cc1. The molecule has 0 fully saturated rings. The van der Waals surface area contributed by atoms with Crippen molar-refractivity contribution in [2.45, 2.75) is 0 Å². The molecule has 2 rings (SSSR count). The molecule has 0 spiro atoms. The van der Waals surface area contributed by atoms with Gasteiger partial charge in [0.1, 0.15) is 6.07 Å². The Hall–Kier alpha value is -3.80. The van der Waals surface area contributed by atoms with Crippen molar-refractivity contribution in [1.29, 1.82) is 5.26 Å². The van der Waals surface area contributed by atoms with E-state index in [1.165, 1.54) is 30.3 Å². The summed E-state index contributed by atoms with van der Waals surface area (Å²) < 4.78 is 0. The molecule has 0 saturated heterocycles. The summed E-state index contributed by atoms with van der Waals surface area (Å²) in [7, 11) is 0. The van der Waals surface area contributed by atoms with Gasteiger partial charge in [-0.3, -0.25) is 25.0 Å². The lowest BCUT2D eigenvalue weighted by molar-refractivity contribution is -0.385. The minimum atomic E-state index is -0.668. The number of nitriles is 1. The number of amides is 1. The predicted molar refractivity (Wildman–Crippen MR) is 78.9 cm³/mol. The van der Waals surface area contributed by atoms with Crippen molar-refractivity contribution >= 4 is 23.0 Å². The van der Waals surface area contributed by atoms with Crippen LogP contribution in [-0.2, 0) is 0 Å². The number of benzene rings is 2. The number of carbonyl (C=O) groups is 1. The number of nitro groups is 2. The van der Waals surface area contributed by atoms with Gasteiger partial charge in [-0.1, -0.05) is 0 Å². The smallest absolute Gasteiger partial charge is 0.270 e. The lowest BCUT2D eigenvalue weighted by atomic mass is 10.1. The molecule has 0 radical (unpaired) electrons. The highest BCUT2D eigenvalue weighted by Gasteiger charge is 2.16. The van der Waals surface area contributed by atoms with E-state index in [1.54, 1.807) is 6.07 Å². The van der Waals surface area contributed by atoms with Gasteiger partial charge in [0.15, 0.2) is 0 Å². The first-order valence-corrected chi connectivity index (χ1v) is 6.16. The van der Waals surface area contributed by atoms with Gasteiger partial charge in [-0.05, 0) is 18.2 Å². The van der Waals surface area contributed by atoms with Gasteiger partial charge >= 0.3 is 0 Å². The molecule has 0 heterocycles. The van der Waals surface area contributed by atoms with E-state index in [9.17, 15) is 25.0 Å². The number of carbonyl (C=O) groups excluding carboxylic acids is 1. The zero-order valence-corrected chi connectivity index (χ0v) is 11.4. The van der Waals surface area contributed by atoms with Crippen molar-refractivity contribution in [2.24, 2.45) is 0 Å². The van der Waals surface area contributed by atoms with Crippen LogP contribution in [0.2, 0.25) is 0 Å². The Morgan fingerprint density at radius 1 is 1.00 bits per heavy atom. The van der Waals surface area contributed by atoms with E-state index in [0.717, 1.165) is 12.1 Å². The first kappa shape index (κ1) is 15.6. The summed E-state index contributed by atoms with van der Waals surface area (Å²) in [5.41, 5.74) is -0.303. The Labute approximate surface area is 129 Å². The number of rotatable bonds is 4. The van der Waals surface area contributed by atoms with Gasteiger partial charge in [0.25, 0.3) is 17.3 Å². The lowest BCUT2D eigenvalue weighted by Gasteiger charge is -2.06. The molecule has 1 N–H and O–H groups in total. The fraction of sp³-hybridized carbons (Fsp3) is 0. The van der Waals surface area contributed by atoms with E-state index < -0.39 is 15.8 Å². The maximum Gasteiger partial charge on any atom is 0.270 e. The molecule has 0 aliphatic rings. The quantitative estimate of drug-likeness (QED) is 0.679. The van der Waals surface area contributed by atoms with Crippen LogP contribution in [0.15, 0.2) is 42.5 Å². The van der Waals surface area contributed by atoms with Gasteiger partial charge in [-0.15, -0.1) is 0 Å². The zero-order chi connectivity index (χ0) is 17.0. The van der Waals surface area contributed by atoms with Crippen LogP contribution >= 0.6 is 0 Å². The van der Waals surface area contributed by atoms with Crippen LogP contribution in [0.5, 0.6) is 0 Å². The number of non-ortho nitro benzene ring substituents is 2. The molecule has 0 unspecified atom stereocenters. The lowest BCUT2D eigenvalue weighted by Crippen LogP contribution is -2.13. The number of nitrogens with one attached hydrogen (secondary N) is 1. The van der Waals surface area contributed by atoms with Crippen LogP contribution < -0.4 is 5.32 Å². The maximum absolute atomic E-state index is 12.1. The zero-order valence-electron chi connectivity index (χ0n) is 11.4. The van der Waals surface area contributed by atoms with Gasteiger partial charge in [0.05, 0.1) is 21.0 Å². The molecule has 2 aromatic carbocycles. The Morgan fingerprint density at radius 3 is 2.09 bits per heavy atom. The van der Waals surface area contributed by atoms with E-state index >= 15 is 0 Å². The highest BCUT2D eigenvalue weighted by Crippen LogP contribution is 2.20. The second-order valence-corrected chi connectivity index (χ2v) is 4.36. The summed E-state index contributed by atoms with van der Waals surface area (Å²) in [6.45, 7) is 0. The fourth-order valence-corrected chi connectivity index (χ4v) is 1.80. The van der Waals surface area contributed by atoms with E-state index in [2.05, 4.69) is 5.32 Å². The minimum absolute atomic E-state index is 0.0311. The summed E-state index contributed by atoms with van der Waals surface area (Å²) in [5, 5.41) is 32.7. The van der Waals surface area contributed by atoms with Crippen molar-refractivity contribution < 1.29 is 14.6 Å². The second kappa shape index (κ2) is 6.31. The molecule has 0 atom stereocenters. The Morgan fingerprint density at radius 2 is 1.57 bits per heavy atom. The van der Waals surface area contributed by atoms with Crippen LogP contribution in [0.25, 0.3) is 0 Å². The first-order chi connectivity index (χ1) is 10.9. The third-order valence-electron chi connectivity index (χ3n) is 2.92. The standard InChI is InChI=1S/C14H8N4O5/c15-8-9-7-12(18(22)23)5-6-13(9)14(19)16-10-1-3-11(4-2-10)17(20)21/h1-7H,(H,16,19). The number of anilines is 1. The average molecular weight is 312 g/mol. The van der Waals surface area contributed by atoms with Gasteiger partial charge in [-0.25, -0.2) is 0 Å². The molecule has 114 valence electrons. The summed E-state index contributed by atoms with van der Waals surface area (Å²) >= 11 is 0. The molecule has 9 heteroatoms. The van der Waals surface area contributed by atoms with Crippen molar-refractivity contribution in [3.05, 3.63) is 73.8 Å². The van der Waals surface area contributed by atoms with Gasteiger partial charge in [-0.2, -0.15) is 5.26 Å². The molecule has 0 saturated carbocycles. The Bertz CT molecular complexity index is 839. The van der Waals surface area contributed by atoms with Crippen molar-refractivity contribution in [3.63, 3.8) is 0 Å². The largest absolute Gasteiger partial charge is 0.322 e. The molecule has 1 amide bonds. The third kappa shape index (κ3) is 3.45. The van der Waals surface area contributed by atoms with Crippen LogP contribution in [0.1, 0.15) is 15.9 Å². The number of nitro benzene ring substituents is 2. The van der Waals surface area contributed by atoms with E-state index in [4.69, 9.17) is 5.26 Å². The molecule has 0 aliphatic heterocycles. The van der Waals surface area contributed by atoms with E-state index in [-0.39, 0.29) is 22.5 Å². The molecule has 0 bridgehead atoms. The summed E-state index contributed by atoms with van der Waals surface area (Å²) in [6, 6.07) is 10.1. The van der Waals surface area contributed by atoms with Crippen LogP contribution in [-0.4, -0.2) is 15.8 Å². The molecule has 23 heavy (non-hydrogen) atoms. The molecule has 0 aliphatic carbocycles. The first-order valence-electron chi connectivity index (χ1n) is 6.16. The molecule has 0 aromatic heterocycles. The number of hydrogen-bond acceptors (Lipinski definition) is 6. The Kier molecular flexibility index (Phi) is 4.28. The molecular weight excluding hydrogens is 304 g/mol. The van der Waals surface area contributed by atoms with Crippen LogP contribution in [0.3, 0.4) is 0 Å². The summed E-state index contributed by atoms with van der Waals surface area (Å²) in [6.07, 6.45) is 0. The average Bonchev–Trinajstić information content (AvgIpc) is 2.54. The van der Waals surface area contributed by atoms with Gasteiger partial charge < -0.3 is 5.32 Å². The molecule has 2 aromatic rings. The molecule has 9 nitrogen and oxygen atoms in total. The van der Waals surface area contributed by atoms with Crippen molar-refractivity contribution in [3.8, 4) is 6.07 Å². The van der Waals surface area contributed by atoms with Crippen molar-refractivity contribution in [2.75, 3.05) is 5.32 Å². The normalized spacial score (nSPS) is 9.70. The van der Waals surface area contributed by atoms with E-state index in [0.29, 0.717) is 5.69 Å². The monoisotopic (exact) mass is 312 g/mol. The Balaban J connectivity index is 2.25. The third-order valence-corrected chi connectivity index (χ3v) is 2.92. The molecular formula is C14H8N4O5. The predicted octanol–water partition coefficient (Wildman–Crippen LogP) is 2.63. The fourth-order valence-electron chi connectivity index (χ4n) is 1.80. The highest BCUT2D eigenvalue weighted by atomic mass is 16.6. The second-order valence-electron chi connectivity index (χ2n) is 4.36. The van der Waals surface area contributed by atoms with Crippen LogP contribution in [0, 0.1) is 31.6 Å². The van der Waals surface area contributed by atoms with E-state index in [1.807, 2.05) is 0 Å².